The topological polar surface area (TPSA) is 86.3 Å². The average molecular weight is 260 g/mol. The summed E-state index contributed by atoms with van der Waals surface area (Å²) in [6, 6.07) is 8.82. The van der Waals surface area contributed by atoms with E-state index in [1.54, 1.807) is 12.1 Å². The Kier molecular flexibility index (Phi) is 3.48. The molecule has 0 amide bonds. The van der Waals surface area contributed by atoms with Crippen LogP contribution < -0.4 is 5.32 Å². The van der Waals surface area contributed by atoms with Gasteiger partial charge in [0, 0.05) is 0 Å². The lowest BCUT2D eigenvalue weighted by Crippen LogP contribution is -2.01. The van der Waals surface area contributed by atoms with Crippen molar-refractivity contribution in [3.05, 3.63) is 53.2 Å². The molecule has 0 spiro atoms. The summed E-state index contributed by atoms with van der Waals surface area (Å²) in [5.41, 5.74) is 0.239. The molecule has 1 aromatic heterocycles. The molecule has 2 N–H and O–H groups in total. The molecule has 0 aliphatic rings. The maximum absolute atomic E-state index is 13.3. The van der Waals surface area contributed by atoms with Crippen LogP contribution in [0.15, 0.2) is 34.7 Å². The molecule has 0 bridgehead atoms. The molecular weight excluding hydrogens is 251 g/mol. The molecule has 5 nitrogen and oxygen atoms in total. The highest BCUT2D eigenvalue weighted by molar-refractivity contribution is 5.84. The van der Waals surface area contributed by atoms with Crippen LogP contribution >= 0.6 is 0 Å². The number of carbonyl (C=O) groups is 1. The maximum atomic E-state index is 13.3. The monoisotopic (exact) mass is 260 g/mol. The summed E-state index contributed by atoms with van der Waals surface area (Å²) in [5.74, 6) is -1.56. The number of nitrogens with one attached hydrogen (secondary N) is 1. The minimum Gasteiger partial charge on any atom is -0.475 e. The number of aromatic carboxylic acids is 1. The highest BCUT2D eigenvalue weighted by Gasteiger charge is 2.10. The predicted molar refractivity (Wildman–Crippen MR) is 64.1 cm³/mol. The van der Waals surface area contributed by atoms with Crippen molar-refractivity contribution in [3.8, 4) is 6.07 Å². The molecule has 0 atom stereocenters. The number of hydrogen-bond donors (Lipinski definition) is 2. The standard InChI is InChI=1S/C13H9FN2O3/c14-10-2-1-3-11(9(10)6-15)16-7-8-4-5-12(19-8)13(17)18/h1-5,16H,7H2,(H,17,18). The first-order valence-corrected chi connectivity index (χ1v) is 5.36. The van der Waals surface area contributed by atoms with E-state index < -0.39 is 11.8 Å². The Morgan fingerprint density at radius 3 is 2.84 bits per heavy atom. The average Bonchev–Trinajstić information content (AvgIpc) is 2.85. The van der Waals surface area contributed by atoms with Crippen LogP contribution in [-0.4, -0.2) is 11.1 Å². The third-order valence-electron chi connectivity index (χ3n) is 2.45. The zero-order valence-electron chi connectivity index (χ0n) is 9.68. The Bertz CT molecular complexity index is 658. The summed E-state index contributed by atoms with van der Waals surface area (Å²) >= 11 is 0. The fourth-order valence-electron chi connectivity index (χ4n) is 1.56. The zero-order valence-corrected chi connectivity index (χ0v) is 9.68. The van der Waals surface area contributed by atoms with E-state index in [4.69, 9.17) is 14.8 Å². The van der Waals surface area contributed by atoms with Gasteiger partial charge in [0.25, 0.3) is 0 Å². The number of nitriles is 1. The molecule has 0 fully saturated rings. The number of furan rings is 1. The summed E-state index contributed by atoms with van der Waals surface area (Å²) in [6.45, 7) is 0.158. The fraction of sp³-hybridized carbons (Fsp3) is 0.0769. The highest BCUT2D eigenvalue weighted by atomic mass is 19.1. The van der Waals surface area contributed by atoms with E-state index in [1.165, 1.54) is 24.3 Å². The molecule has 1 aromatic carbocycles. The minimum absolute atomic E-state index is 0.0903. The van der Waals surface area contributed by atoms with E-state index in [2.05, 4.69) is 5.32 Å². The first kappa shape index (κ1) is 12.6. The van der Waals surface area contributed by atoms with Crippen LogP contribution in [0.1, 0.15) is 21.9 Å². The Balaban J connectivity index is 2.12. The molecule has 1 heterocycles. The lowest BCUT2D eigenvalue weighted by Gasteiger charge is -2.06. The Morgan fingerprint density at radius 1 is 1.42 bits per heavy atom. The van der Waals surface area contributed by atoms with Crippen molar-refractivity contribution in [2.24, 2.45) is 0 Å². The van der Waals surface area contributed by atoms with Gasteiger partial charge in [-0.05, 0) is 24.3 Å². The Hall–Kier alpha value is -2.81. The number of hydrogen-bond acceptors (Lipinski definition) is 4. The number of nitrogens with zero attached hydrogens (tertiary/aromatic N) is 1. The number of rotatable bonds is 4. The van der Waals surface area contributed by atoms with Crippen LogP contribution in [0.25, 0.3) is 0 Å². The van der Waals surface area contributed by atoms with E-state index in [1.807, 2.05) is 0 Å². The van der Waals surface area contributed by atoms with Gasteiger partial charge < -0.3 is 14.8 Å². The second kappa shape index (κ2) is 5.23. The van der Waals surface area contributed by atoms with Crippen molar-refractivity contribution in [1.29, 1.82) is 5.26 Å². The first-order chi connectivity index (χ1) is 9.11. The highest BCUT2D eigenvalue weighted by Crippen LogP contribution is 2.19. The van der Waals surface area contributed by atoms with Crippen LogP contribution in [0.2, 0.25) is 0 Å². The van der Waals surface area contributed by atoms with Crippen molar-refractivity contribution < 1.29 is 18.7 Å². The third-order valence-corrected chi connectivity index (χ3v) is 2.45. The van der Waals surface area contributed by atoms with Crippen LogP contribution in [0.3, 0.4) is 0 Å². The fourth-order valence-corrected chi connectivity index (χ4v) is 1.56. The molecule has 2 aromatic rings. The normalized spacial score (nSPS) is 9.89. The number of carboxylic acids is 1. The molecule has 0 aliphatic heterocycles. The van der Waals surface area contributed by atoms with Gasteiger partial charge in [-0.1, -0.05) is 6.07 Å². The number of halogens is 1. The summed E-state index contributed by atoms with van der Waals surface area (Å²) in [4.78, 5) is 10.6. The van der Waals surface area contributed by atoms with Gasteiger partial charge in [0.2, 0.25) is 5.76 Å². The van der Waals surface area contributed by atoms with Gasteiger partial charge in [0.1, 0.15) is 23.2 Å². The van der Waals surface area contributed by atoms with Crippen molar-refractivity contribution in [1.82, 2.24) is 0 Å². The van der Waals surface area contributed by atoms with Crippen LogP contribution in [0.4, 0.5) is 10.1 Å². The molecule has 0 saturated carbocycles. The summed E-state index contributed by atoms with van der Waals surface area (Å²) < 4.78 is 18.4. The summed E-state index contributed by atoms with van der Waals surface area (Å²) in [6.07, 6.45) is 0. The van der Waals surface area contributed by atoms with E-state index in [0.29, 0.717) is 11.4 Å². The van der Waals surface area contributed by atoms with Gasteiger partial charge in [0.15, 0.2) is 0 Å². The number of benzene rings is 1. The van der Waals surface area contributed by atoms with E-state index in [-0.39, 0.29) is 17.9 Å². The van der Waals surface area contributed by atoms with E-state index in [9.17, 15) is 9.18 Å². The number of carboxylic acid groups (broad SMARTS) is 1. The molecule has 0 unspecified atom stereocenters. The van der Waals surface area contributed by atoms with Crippen molar-refractivity contribution >= 4 is 11.7 Å². The first-order valence-electron chi connectivity index (χ1n) is 5.36. The molecule has 19 heavy (non-hydrogen) atoms. The zero-order chi connectivity index (χ0) is 13.8. The van der Waals surface area contributed by atoms with Gasteiger partial charge in [-0.25, -0.2) is 9.18 Å². The summed E-state index contributed by atoms with van der Waals surface area (Å²) in [7, 11) is 0. The van der Waals surface area contributed by atoms with Crippen molar-refractivity contribution in [2.75, 3.05) is 5.32 Å². The van der Waals surface area contributed by atoms with Gasteiger partial charge in [0.05, 0.1) is 12.2 Å². The minimum atomic E-state index is -1.16. The molecule has 6 heteroatoms. The second-order valence-corrected chi connectivity index (χ2v) is 3.70. The smallest absolute Gasteiger partial charge is 0.371 e. The van der Waals surface area contributed by atoms with Gasteiger partial charge >= 0.3 is 5.97 Å². The van der Waals surface area contributed by atoms with Gasteiger partial charge in [-0.3, -0.25) is 0 Å². The second-order valence-electron chi connectivity index (χ2n) is 3.70. The summed E-state index contributed by atoms with van der Waals surface area (Å²) in [5, 5.41) is 20.4. The molecule has 0 aliphatic carbocycles. The van der Waals surface area contributed by atoms with Crippen molar-refractivity contribution in [2.45, 2.75) is 6.54 Å². The Morgan fingerprint density at radius 2 is 2.21 bits per heavy atom. The van der Waals surface area contributed by atoms with Gasteiger partial charge in [-0.15, -0.1) is 0 Å². The number of anilines is 1. The molecule has 96 valence electrons. The van der Waals surface area contributed by atoms with Crippen LogP contribution in [-0.2, 0) is 6.54 Å². The quantitative estimate of drug-likeness (QED) is 0.882. The van der Waals surface area contributed by atoms with Gasteiger partial charge in [-0.2, -0.15) is 5.26 Å². The maximum Gasteiger partial charge on any atom is 0.371 e. The molecule has 0 saturated heterocycles. The third kappa shape index (κ3) is 2.72. The Labute approximate surface area is 107 Å². The lowest BCUT2D eigenvalue weighted by molar-refractivity contribution is 0.0660. The predicted octanol–water partition coefficient (Wildman–Crippen LogP) is 2.60. The van der Waals surface area contributed by atoms with E-state index in [0.717, 1.165) is 0 Å². The van der Waals surface area contributed by atoms with E-state index >= 15 is 0 Å². The van der Waals surface area contributed by atoms with Crippen LogP contribution in [0, 0.1) is 17.1 Å². The molecular formula is C13H9FN2O3. The molecule has 0 radical (unpaired) electrons. The largest absolute Gasteiger partial charge is 0.475 e. The van der Waals surface area contributed by atoms with Crippen molar-refractivity contribution in [3.63, 3.8) is 0 Å². The SMILES string of the molecule is N#Cc1c(F)cccc1NCc1ccc(C(=O)O)o1. The lowest BCUT2D eigenvalue weighted by atomic mass is 10.2. The molecule has 2 rings (SSSR count). The van der Waals surface area contributed by atoms with Crippen LogP contribution in [0.5, 0.6) is 0 Å².